The lowest BCUT2D eigenvalue weighted by Gasteiger charge is -2.08. The van der Waals surface area contributed by atoms with Crippen LogP contribution in [0.3, 0.4) is 0 Å². The Hall–Kier alpha value is -0.520. The summed E-state index contributed by atoms with van der Waals surface area (Å²) in [5.41, 5.74) is 1.18. The molecule has 13 heavy (non-hydrogen) atoms. The van der Waals surface area contributed by atoms with E-state index in [1.165, 1.54) is 5.56 Å². The number of nitrogens with one attached hydrogen (secondary N) is 1. The second-order valence-electron chi connectivity index (χ2n) is 2.83. The fourth-order valence-corrected chi connectivity index (χ4v) is 3.23. The number of hydrogen-bond acceptors (Lipinski definition) is 4. The van der Waals surface area contributed by atoms with E-state index in [4.69, 9.17) is 5.11 Å². The van der Waals surface area contributed by atoms with Crippen LogP contribution in [-0.2, 0) is 4.79 Å². The van der Waals surface area contributed by atoms with Crippen molar-refractivity contribution < 1.29 is 9.90 Å². The van der Waals surface area contributed by atoms with Crippen molar-refractivity contribution in [3.63, 3.8) is 0 Å². The third kappa shape index (κ3) is 1.87. The van der Waals surface area contributed by atoms with Gasteiger partial charge in [0.1, 0.15) is 6.04 Å². The lowest BCUT2D eigenvalue weighted by molar-refractivity contribution is -0.138. The summed E-state index contributed by atoms with van der Waals surface area (Å²) in [5, 5.41) is 16.0. The van der Waals surface area contributed by atoms with E-state index in [1.807, 2.05) is 11.4 Å². The molecule has 1 aliphatic rings. The number of carbonyl (C=O) groups is 1. The molecule has 1 unspecified atom stereocenters. The molecule has 5 heteroatoms. The van der Waals surface area contributed by atoms with Crippen LogP contribution >= 0.6 is 23.1 Å². The quantitative estimate of drug-likeness (QED) is 0.785. The maximum absolute atomic E-state index is 10.6. The van der Waals surface area contributed by atoms with Gasteiger partial charge >= 0.3 is 5.97 Å². The topological polar surface area (TPSA) is 49.3 Å². The predicted molar refractivity (Wildman–Crippen MR) is 54.1 cm³/mol. The number of thiophene rings is 1. The van der Waals surface area contributed by atoms with Gasteiger partial charge in [-0.05, 0) is 22.4 Å². The molecule has 3 nitrogen and oxygen atoms in total. The Balaban J connectivity index is 2.03. The van der Waals surface area contributed by atoms with Crippen LogP contribution in [0.1, 0.15) is 10.9 Å². The number of thioether (sulfide) groups is 1. The smallest absolute Gasteiger partial charge is 0.321 e. The molecule has 1 aromatic rings. The first kappa shape index (κ1) is 9.05. The molecule has 0 bridgehead atoms. The molecule has 2 heterocycles. The third-order valence-corrected chi connectivity index (χ3v) is 3.89. The molecule has 0 amide bonds. The first-order valence-electron chi connectivity index (χ1n) is 3.90. The highest BCUT2D eigenvalue weighted by Crippen LogP contribution is 2.33. The highest BCUT2D eigenvalue weighted by atomic mass is 32.2. The monoisotopic (exact) mass is 215 g/mol. The average Bonchev–Trinajstić information content (AvgIpc) is 2.75. The number of aliphatic carboxylic acids is 1. The SMILES string of the molecule is O=C(O)[C@@H]1CSC(c2ccsc2)N1. The molecule has 0 spiro atoms. The van der Waals surface area contributed by atoms with Crippen LogP contribution in [0.2, 0.25) is 0 Å². The second kappa shape index (κ2) is 3.69. The molecule has 0 aliphatic carbocycles. The lowest BCUT2D eigenvalue weighted by Crippen LogP contribution is -2.33. The minimum Gasteiger partial charge on any atom is -0.480 e. The zero-order valence-corrected chi connectivity index (χ0v) is 8.40. The molecule has 0 aromatic carbocycles. The summed E-state index contributed by atoms with van der Waals surface area (Å²) >= 11 is 3.29. The molecular formula is C8H9NO2S2. The first-order chi connectivity index (χ1) is 6.27. The number of hydrogen-bond donors (Lipinski definition) is 2. The Bertz CT molecular complexity index is 299. The van der Waals surface area contributed by atoms with E-state index in [0.29, 0.717) is 5.75 Å². The van der Waals surface area contributed by atoms with E-state index in [-0.39, 0.29) is 5.37 Å². The summed E-state index contributed by atoms with van der Waals surface area (Å²) in [5.74, 6) is -0.110. The summed E-state index contributed by atoms with van der Waals surface area (Å²) in [6, 6.07) is 1.63. The zero-order valence-electron chi connectivity index (χ0n) is 6.77. The maximum atomic E-state index is 10.6. The van der Waals surface area contributed by atoms with E-state index in [9.17, 15) is 4.79 Å². The van der Waals surface area contributed by atoms with Crippen molar-refractivity contribution in [3.05, 3.63) is 22.4 Å². The van der Waals surface area contributed by atoms with Gasteiger partial charge in [0.25, 0.3) is 0 Å². The second-order valence-corrected chi connectivity index (χ2v) is 4.75. The van der Waals surface area contributed by atoms with Gasteiger partial charge in [-0.2, -0.15) is 11.3 Å². The van der Waals surface area contributed by atoms with E-state index < -0.39 is 12.0 Å². The fraction of sp³-hybridized carbons (Fsp3) is 0.375. The molecule has 2 N–H and O–H groups in total. The van der Waals surface area contributed by atoms with Crippen LogP contribution in [0.25, 0.3) is 0 Å². The molecule has 1 saturated heterocycles. The Morgan fingerprint density at radius 2 is 2.54 bits per heavy atom. The summed E-state index contributed by atoms with van der Waals surface area (Å²) in [4.78, 5) is 10.6. The highest BCUT2D eigenvalue weighted by molar-refractivity contribution is 7.99. The van der Waals surface area contributed by atoms with Gasteiger partial charge in [-0.25, -0.2) is 0 Å². The van der Waals surface area contributed by atoms with Crippen LogP contribution in [0, 0.1) is 0 Å². The van der Waals surface area contributed by atoms with Crippen LogP contribution in [0.4, 0.5) is 0 Å². The normalized spacial score (nSPS) is 27.7. The minimum atomic E-state index is -0.759. The van der Waals surface area contributed by atoms with Crippen molar-refractivity contribution in [3.8, 4) is 0 Å². The molecule has 2 rings (SSSR count). The number of carboxylic acids is 1. The zero-order chi connectivity index (χ0) is 9.26. The molecule has 2 atom stereocenters. The Labute approximate surface area is 84.2 Å². The van der Waals surface area contributed by atoms with Crippen LogP contribution in [0.5, 0.6) is 0 Å². The Morgan fingerprint density at radius 3 is 3.08 bits per heavy atom. The van der Waals surface area contributed by atoms with Crippen molar-refractivity contribution in [2.45, 2.75) is 11.4 Å². The molecule has 70 valence electrons. The summed E-state index contributed by atoms with van der Waals surface area (Å²) in [6.45, 7) is 0. The minimum absolute atomic E-state index is 0.160. The molecule has 1 aromatic heterocycles. The van der Waals surface area contributed by atoms with Crippen LogP contribution in [0.15, 0.2) is 16.8 Å². The van der Waals surface area contributed by atoms with Gasteiger partial charge < -0.3 is 5.11 Å². The van der Waals surface area contributed by atoms with E-state index in [0.717, 1.165) is 0 Å². The van der Waals surface area contributed by atoms with Gasteiger partial charge in [0.05, 0.1) is 5.37 Å². The van der Waals surface area contributed by atoms with Crippen molar-refractivity contribution in [1.82, 2.24) is 5.32 Å². The summed E-state index contributed by atoms with van der Waals surface area (Å²) in [7, 11) is 0. The predicted octanol–water partition coefficient (Wildman–Crippen LogP) is 1.54. The summed E-state index contributed by atoms with van der Waals surface area (Å²) in [6.07, 6.45) is 0. The van der Waals surface area contributed by atoms with Gasteiger partial charge in [-0.3, -0.25) is 10.1 Å². The maximum Gasteiger partial charge on any atom is 0.321 e. The molecule has 1 fully saturated rings. The van der Waals surface area contributed by atoms with Gasteiger partial charge in [0.15, 0.2) is 0 Å². The number of rotatable bonds is 2. The molecule has 1 aliphatic heterocycles. The van der Waals surface area contributed by atoms with Gasteiger partial charge in [0.2, 0.25) is 0 Å². The van der Waals surface area contributed by atoms with Crippen molar-refractivity contribution in [1.29, 1.82) is 0 Å². The van der Waals surface area contributed by atoms with Crippen molar-refractivity contribution in [2.75, 3.05) is 5.75 Å². The average molecular weight is 215 g/mol. The first-order valence-corrected chi connectivity index (χ1v) is 5.89. The van der Waals surface area contributed by atoms with Gasteiger partial charge in [0, 0.05) is 5.75 Å². The highest BCUT2D eigenvalue weighted by Gasteiger charge is 2.30. The van der Waals surface area contributed by atoms with Crippen molar-refractivity contribution in [2.24, 2.45) is 0 Å². The van der Waals surface area contributed by atoms with E-state index >= 15 is 0 Å². The van der Waals surface area contributed by atoms with Gasteiger partial charge in [-0.15, -0.1) is 11.8 Å². The van der Waals surface area contributed by atoms with Crippen LogP contribution < -0.4 is 5.32 Å². The van der Waals surface area contributed by atoms with Gasteiger partial charge in [-0.1, -0.05) is 0 Å². The third-order valence-electron chi connectivity index (χ3n) is 1.93. The number of carboxylic acid groups (broad SMARTS) is 1. The van der Waals surface area contributed by atoms with E-state index in [1.54, 1.807) is 23.1 Å². The molecule has 0 saturated carbocycles. The summed E-state index contributed by atoms with van der Waals surface area (Å²) < 4.78 is 0. The largest absolute Gasteiger partial charge is 0.480 e. The molecule has 0 radical (unpaired) electrons. The van der Waals surface area contributed by atoms with Crippen LogP contribution in [-0.4, -0.2) is 22.9 Å². The Morgan fingerprint density at radius 1 is 1.69 bits per heavy atom. The molecular weight excluding hydrogens is 206 g/mol. The fourth-order valence-electron chi connectivity index (χ4n) is 1.23. The van der Waals surface area contributed by atoms with Crippen molar-refractivity contribution >= 4 is 29.1 Å². The lowest BCUT2D eigenvalue weighted by atomic mass is 10.3. The van der Waals surface area contributed by atoms with E-state index in [2.05, 4.69) is 10.7 Å². The standard InChI is InChI=1S/C8H9NO2S2/c10-8(11)6-4-13-7(9-6)5-1-2-12-3-5/h1-3,6-7,9H,4H2,(H,10,11)/t6-,7?/m0/s1. The Kier molecular flexibility index (Phi) is 2.57.